The van der Waals surface area contributed by atoms with Gasteiger partial charge in [0, 0.05) is 19.6 Å². The number of carbonyl (C=O) groups is 1. The fourth-order valence-corrected chi connectivity index (χ4v) is 1.22. The van der Waals surface area contributed by atoms with Gasteiger partial charge in [-0.2, -0.15) is 0 Å². The van der Waals surface area contributed by atoms with Gasteiger partial charge in [0.2, 0.25) is 5.91 Å². The second-order valence-corrected chi connectivity index (χ2v) is 5.41. The zero-order valence-corrected chi connectivity index (χ0v) is 9.03. The van der Waals surface area contributed by atoms with Gasteiger partial charge in [-0.15, -0.1) is 0 Å². The minimum absolute atomic E-state index is 0.161. The van der Waals surface area contributed by atoms with Crippen molar-refractivity contribution >= 4 is 5.91 Å². The first-order valence-electron chi connectivity index (χ1n) is 4.83. The Balaban J connectivity index is 2.34. The molecule has 2 N–H and O–H groups in total. The van der Waals surface area contributed by atoms with E-state index in [2.05, 4.69) is 31.4 Å². The maximum atomic E-state index is 11.6. The van der Waals surface area contributed by atoms with Crippen molar-refractivity contribution in [3.63, 3.8) is 0 Å². The summed E-state index contributed by atoms with van der Waals surface area (Å²) < 4.78 is 0. The molecule has 3 heteroatoms. The molecule has 0 atom stereocenters. The second kappa shape index (κ2) is 3.29. The smallest absolute Gasteiger partial charge is 0.228 e. The molecule has 0 aromatic carbocycles. The number of hydrogen-bond donors (Lipinski definition) is 2. The summed E-state index contributed by atoms with van der Waals surface area (Å²) in [4.78, 5) is 11.6. The molecule has 1 saturated heterocycles. The Morgan fingerprint density at radius 2 is 2.00 bits per heavy atom. The first-order valence-corrected chi connectivity index (χ1v) is 4.83. The number of hydrogen-bond acceptors (Lipinski definition) is 2. The molecule has 1 aliphatic rings. The lowest BCUT2D eigenvalue weighted by Gasteiger charge is -2.38. The highest BCUT2D eigenvalue weighted by molar-refractivity contribution is 5.83. The highest BCUT2D eigenvalue weighted by atomic mass is 16.2. The lowest BCUT2D eigenvalue weighted by atomic mass is 9.83. The van der Waals surface area contributed by atoms with Crippen LogP contribution in [0.5, 0.6) is 0 Å². The van der Waals surface area contributed by atoms with Gasteiger partial charge in [0.15, 0.2) is 0 Å². The Labute approximate surface area is 80.3 Å². The molecule has 1 aliphatic heterocycles. The molecule has 0 bridgehead atoms. The summed E-state index contributed by atoms with van der Waals surface area (Å²) >= 11 is 0. The van der Waals surface area contributed by atoms with Crippen LogP contribution in [0.1, 0.15) is 27.7 Å². The van der Waals surface area contributed by atoms with Crippen LogP contribution < -0.4 is 10.6 Å². The summed E-state index contributed by atoms with van der Waals surface area (Å²) in [5, 5.41) is 6.11. The van der Waals surface area contributed by atoms with E-state index in [1.54, 1.807) is 0 Å². The maximum Gasteiger partial charge on any atom is 0.228 e. The van der Waals surface area contributed by atoms with Gasteiger partial charge in [-0.05, 0) is 12.3 Å². The SMILES string of the molecule is CC(C)(C)CNC(=O)C1(C)CNC1. The van der Waals surface area contributed by atoms with Gasteiger partial charge in [0.1, 0.15) is 0 Å². The number of amides is 1. The Hall–Kier alpha value is -0.570. The first kappa shape index (κ1) is 10.5. The normalized spacial score (nSPS) is 20.6. The van der Waals surface area contributed by atoms with E-state index in [0.717, 1.165) is 19.6 Å². The predicted octanol–water partition coefficient (Wildman–Crippen LogP) is 0.758. The molecule has 1 rings (SSSR count). The summed E-state index contributed by atoms with van der Waals surface area (Å²) in [5.74, 6) is 0.182. The first-order chi connectivity index (χ1) is 5.83. The van der Waals surface area contributed by atoms with E-state index >= 15 is 0 Å². The lowest BCUT2D eigenvalue weighted by molar-refractivity contribution is -0.133. The number of nitrogens with one attached hydrogen (secondary N) is 2. The molecule has 0 saturated carbocycles. The van der Waals surface area contributed by atoms with E-state index < -0.39 is 0 Å². The molecular formula is C10H20N2O. The molecule has 0 aromatic heterocycles. The topological polar surface area (TPSA) is 41.1 Å². The minimum atomic E-state index is -0.161. The monoisotopic (exact) mass is 184 g/mol. The molecule has 1 fully saturated rings. The maximum absolute atomic E-state index is 11.6. The van der Waals surface area contributed by atoms with Crippen molar-refractivity contribution in [1.29, 1.82) is 0 Å². The van der Waals surface area contributed by atoms with Crippen LogP contribution >= 0.6 is 0 Å². The molecule has 76 valence electrons. The van der Waals surface area contributed by atoms with Crippen LogP contribution in [0.15, 0.2) is 0 Å². The zero-order valence-electron chi connectivity index (χ0n) is 9.03. The molecular weight excluding hydrogens is 164 g/mol. The summed E-state index contributed by atoms with van der Waals surface area (Å²) in [6.45, 7) is 10.7. The summed E-state index contributed by atoms with van der Waals surface area (Å²) in [7, 11) is 0. The molecule has 13 heavy (non-hydrogen) atoms. The van der Waals surface area contributed by atoms with Gasteiger partial charge in [0.05, 0.1) is 5.41 Å². The van der Waals surface area contributed by atoms with E-state index in [4.69, 9.17) is 0 Å². The zero-order chi connectivity index (χ0) is 10.1. The third-order valence-corrected chi connectivity index (χ3v) is 2.36. The van der Waals surface area contributed by atoms with Crippen LogP contribution in [0.25, 0.3) is 0 Å². The number of rotatable bonds is 2. The summed E-state index contributed by atoms with van der Waals surface area (Å²) in [6, 6.07) is 0. The van der Waals surface area contributed by atoms with Gasteiger partial charge in [-0.3, -0.25) is 4.79 Å². The van der Waals surface area contributed by atoms with E-state index in [1.165, 1.54) is 0 Å². The third-order valence-electron chi connectivity index (χ3n) is 2.36. The fraction of sp³-hybridized carbons (Fsp3) is 0.900. The van der Waals surface area contributed by atoms with Crippen LogP contribution in [-0.2, 0) is 4.79 Å². The van der Waals surface area contributed by atoms with Crippen molar-refractivity contribution in [3.05, 3.63) is 0 Å². The lowest BCUT2D eigenvalue weighted by Crippen LogP contribution is -2.60. The van der Waals surface area contributed by atoms with Gasteiger partial charge < -0.3 is 10.6 Å². The second-order valence-electron chi connectivity index (χ2n) is 5.41. The van der Waals surface area contributed by atoms with E-state index in [1.807, 2.05) is 6.92 Å². The fourth-order valence-electron chi connectivity index (χ4n) is 1.22. The molecule has 0 aliphatic carbocycles. The average molecular weight is 184 g/mol. The Morgan fingerprint density at radius 3 is 2.31 bits per heavy atom. The summed E-state index contributed by atoms with van der Waals surface area (Å²) in [6.07, 6.45) is 0. The molecule has 1 heterocycles. The van der Waals surface area contributed by atoms with Gasteiger partial charge >= 0.3 is 0 Å². The Kier molecular flexibility index (Phi) is 2.66. The van der Waals surface area contributed by atoms with Gasteiger partial charge in [-0.25, -0.2) is 0 Å². The molecule has 0 aromatic rings. The van der Waals surface area contributed by atoms with Crippen molar-refractivity contribution in [1.82, 2.24) is 10.6 Å². The highest BCUT2D eigenvalue weighted by Crippen LogP contribution is 2.21. The standard InChI is InChI=1S/C10H20N2O/c1-9(2,3)5-12-8(13)10(4)6-11-7-10/h11H,5-7H2,1-4H3,(H,12,13). The van der Waals surface area contributed by atoms with E-state index in [9.17, 15) is 4.79 Å². The van der Waals surface area contributed by atoms with Gasteiger partial charge in [-0.1, -0.05) is 20.8 Å². The van der Waals surface area contributed by atoms with Crippen LogP contribution in [0.3, 0.4) is 0 Å². The Morgan fingerprint density at radius 1 is 1.46 bits per heavy atom. The average Bonchev–Trinajstić information content (AvgIpc) is 1.94. The Bertz CT molecular complexity index is 201. The molecule has 1 amide bonds. The van der Waals surface area contributed by atoms with Crippen LogP contribution in [0, 0.1) is 10.8 Å². The predicted molar refractivity (Wildman–Crippen MR) is 53.4 cm³/mol. The van der Waals surface area contributed by atoms with Crippen molar-refractivity contribution < 1.29 is 4.79 Å². The molecule has 0 unspecified atom stereocenters. The third kappa shape index (κ3) is 2.69. The summed E-state index contributed by atoms with van der Waals surface area (Å²) in [5.41, 5.74) is 0.00838. The quantitative estimate of drug-likeness (QED) is 0.665. The van der Waals surface area contributed by atoms with Crippen LogP contribution in [0.2, 0.25) is 0 Å². The molecule has 0 spiro atoms. The van der Waals surface area contributed by atoms with E-state index in [-0.39, 0.29) is 16.7 Å². The van der Waals surface area contributed by atoms with Crippen LogP contribution in [0.4, 0.5) is 0 Å². The molecule has 3 nitrogen and oxygen atoms in total. The number of carbonyl (C=O) groups excluding carboxylic acids is 1. The molecule has 0 radical (unpaired) electrons. The van der Waals surface area contributed by atoms with Crippen molar-refractivity contribution in [2.75, 3.05) is 19.6 Å². The van der Waals surface area contributed by atoms with E-state index in [0.29, 0.717) is 0 Å². The van der Waals surface area contributed by atoms with Crippen molar-refractivity contribution in [2.45, 2.75) is 27.7 Å². The van der Waals surface area contributed by atoms with Crippen LogP contribution in [-0.4, -0.2) is 25.5 Å². The highest BCUT2D eigenvalue weighted by Gasteiger charge is 2.39. The minimum Gasteiger partial charge on any atom is -0.355 e. The van der Waals surface area contributed by atoms with Crippen molar-refractivity contribution in [3.8, 4) is 0 Å². The van der Waals surface area contributed by atoms with Crippen molar-refractivity contribution in [2.24, 2.45) is 10.8 Å². The largest absolute Gasteiger partial charge is 0.355 e. The van der Waals surface area contributed by atoms with Gasteiger partial charge in [0.25, 0.3) is 0 Å².